The Bertz CT molecular complexity index is 921. The lowest BCUT2D eigenvalue weighted by molar-refractivity contribution is -0.135. The van der Waals surface area contributed by atoms with Crippen LogP contribution >= 0.6 is 0 Å². The number of hydrogen-bond acceptors (Lipinski definition) is 8. The molecular weight excluding hydrogens is 416 g/mol. The second-order valence-corrected chi connectivity index (χ2v) is 9.60. The minimum absolute atomic E-state index is 0.00766. The Balaban J connectivity index is 1.32. The smallest absolute Gasteiger partial charge is 0.236 e. The fraction of sp³-hybridized carbons (Fsp3) is 0.583. The second kappa shape index (κ2) is 10.4. The number of hydrogen-bond donors (Lipinski definition) is 2. The lowest BCUT2D eigenvalue weighted by Crippen LogP contribution is -2.52. The molecule has 3 atom stereocenters. The predicted molar refractivity (Wildman–Crippen MR) is 130 cm³/mol. The zero-order valence-electron chi connectivity index (χ0n) is 19.9. The van der Waals surface area contributed by atoms with E-state index >= 15 is 0 Å². The average molecular weight is 453 g/mol. The van der Waals surface area contributed by atoms with Gasteiger partial charge in [0.05, 0.1) is 12.6 Å². The molecule has 2 aromatic rings. The van der Waals surface area contributed by atoms with E-state index in [0.717, 1.165) is 45.0 Å². The van der Waals surface area contributed by atoms with E-state index in [-0.39, 0.29) is 17.9 Å². The SMILES string of the molecule is CC1CC(C)CN(C(=O)CN2CCN(C(C)c3nc(N)nc(Nc4ccccc4)n3)CC2)C1. The fourth-order valence-corrected chi connectivity index (χ4v) is 4.93. The molecule has 0 saturated carbocycles. The number of rotatable bonds is 6. The van der Waals surface area contributed by atoms with Crippen LogP contribution in [0.2, 0.25) is 0 Å². The minimum atomic E-state index is 0.00766. The van der Waals surface area contributed by atoms with Gasteiger partial charge < -0.3 is 16.0 Å². The van der Waals surface area contributed by atoms with E-state index < -0.39 is 0 Å². The van der Waals surface area contributed by atoms with Crippen LogP contribution in [-0.4, -0.2) is 81.4 Å². The van der Waals surface area contributed by atoms with E-state index in [1.165, 1.54) is 6.42 Å². The first-order chi connectivity index (χ1) is 15.9. The van der Waals surface area contributed by atoms with Gasteiger partial charge in [-0.2, -0.15) is 15.0 Å². The highest BCUT2D eigenvalue weighted by molar-refractivity contribution is 5.78. The highest BCUT2D eigenvalue weighted by atomic mass is 16.2. The Morgan fingerprint density at radius 3 is 2.39 bits per heavy atom. The Labute approximate surface area is 196 Å². The van der Waals surface area contributed by atoms with E-state index in [0.29, 0.717) is 30.2 Å². The molecule has 0 radical (unpaired) electrons. The molecule has 2 aliphatic heterocycles. The zero-order valence-corrected chi connectivity index (χ0v) is 19.9. The van der Waals surface area contributed by atoms with E-state index in [9.17, 15) is 4.79 Å². The van der Waals surface area contributed by atoms with Crippen molar-refractivity contribution in [3.05, 3.63) is 36.2 Å². The maximum atomic E-state index is 12.8. The van der Waals surface area contributed by atoms with E-state index in [2.05, 4.69) is 55.7 Å². The van der Waals surface area contributed by atoms with Crippen LogP contribution < -0.4 is 11.1 Å². The quantitative estimate of drug-likeness (QED) is 0.689. The highest BCUT2D eigenvalue weighted by Crippen LogP contribution is 2.23. The Morgan fingerprint density at radius 2 is 1.73 bits per heavy atom. The first-order valence-corrected chi connectivity index (χ1v) is 11.9. The first-order valence-electron chi connectivity index (χ1n) is 11.9. The van der Waals surface area contributed by atoms with Gasteiger partial charge in [0.25, 0.3) is 0 Å². The summed E-state index contributed by atoms with van der Waals surface area (Å²) < 4.78 is 0. The van der Waals surface area contributed by atoms with Crippen LogP contribution in [0.5, 0.6) is 0 Å². The number of likely N-dealkylation sites (tertiary alicyclic amines) is 1. The first kappa shape index (κ1) is 23.4. The number of benzene rings is 1. The van der Waals surface area contributed by atoms with Crippen molar-refractivity contribution in [1.82, 2.24) is 29.7 Å². The molecule has 33 heavy (non-hydrogen) atoms. The molecule has 0 bridgehead atoms. The van der Waals surface area contributed by atoms with Gasteiger partial charge in [0.1, 0.15) is 0 Å². The third kappa shape index (κ3) is 6.17. The topological polar surface area (TPSA) is 104 Å². The van der Waals surface area contributed by atoms with Gasteiger partial charge in [-0.3, -0.25) is 14.6 Å². The summed E-state index contributed by atoms with van der Waals surface area (Å²) in [6.45, 7) is 12.3. The van der Waals surface area contributed by atoms with Gasteiger partial charge in [-0.1, -0.05) is 32.0 Å². The monoisotopic (exact) mass is 452 g/mol. The van der Waals surface area contributed by atoms with E-state index in [1.54, 1.807) is 0 Å². The van der Waals surface area contributed by atoms with Crippen LogP contribution in [0.4, 0.5) is 17.6 Å². The molecule has 3 unspecified atom stereocenters. The standard InChI is InChI=1S/C24H36N8O/c1-17-13-18(2)15-32(14-17)21(33)16-30-9-11-31(12-10-30)19(3)22-27-23(25)29-24(28-22)26-20-7-5-4-6-8-20/h4-8,17-19H,9-16H2,1-3H3,(H3,25,26,27,28,29). The van der Waals surface area contributed by atoms with Crippen molar-refractivity contribution in [1.29, 1.82) is 0 Å². The number of piperidine rings is 1. The van der Waals surface area contributed by atoms with Crippen molar-refractivity contribution in [2.45, 2.75) is 33.2 Å². The van der Waals surface area contributed by atoms with Crippen molar-refractivity contribution < 1.29 is 4.79 Å². The molecule has 4 rings (SSSR count). The van der Waals surface area contributed by atoms with Gasteiger partial charge in [0.2, 0.25) is 17.8 Å². The summed E-state index contributed by atoms with van der Waals surface area (Å²) in [5, 5.41) is 3.20. The maximum absolute atomic E-state index is 12.8. The fourth-order valence-electron chi connectivity index (χ4n) is 4.93. The van der Waals surface area contributed by atoms with Gasteiger partial charge in [-0.15, -0.1) is 0 Å². The van der Waals surface area contributed by atoms with Crippen molar-refractivity contribution in [3.8, 4) is 0 Å². The van der Waals surface area contributed by atoms with Crippen molar-refractivity contribution in [2.24, 2.45) is 11.8 Å². The normalized spacial score (nSPS) is 23.3. The molecule has 3 heterocycles. The Hall–Kier alpha value is -2.78. The molecule has 178 valence electrons. The summed E-state index contributed by atoms with van der Waals surface area (Å²) in [7, 11) is 0. The number of nitrogens with one attached hydrogen (secondary N) is 1. The van der Waals surface area contributed by atoms with Crippen LogP contribution in [0.1, 0.15) is 39.1 Å². The number of nitrogens with zero attached hydrogens (tertiary/aromatic N) is 6. The number of piperazine rings is 1. The van der Waals surface area contributed by atoms with Crippen molar-refractivity contribution >= 4 is 23.5 Å². The second-order valence-electron chi connectivity index (χ2n) is 9.60. The minimum Gasteiger partial charge on any atom is -0.368 e. The number of anilines is 3. The molecule has 2 aliphatic rings. The number of nitrogen functional groups attached to an aromatic ring is 1. The lowest BCUT2D eigenvalue weighted by atomic mass is 9.92. The van der Waals surface area contributed by atoms with Gasteiger partial charge in [0, 0.05) is 45.0 Å². The van der Waals surface area contributed by atoms with Crippen LogP contribution in [-0.2, 0) is 4.79 Å². The summed E-state index contributed by atoms with van der Waals surface area (Å²) in [5.41, 5.74) is 6.88. The molecule has 1 amide bonds. The molecule has 9 heteroatoms. The molecule has 0 spiro atoms. The summed E-state index contributed by atoms with van der Waals surface area (Å²) in [6.07, 6.45) is 1.21. The molecule has 2 fully saturated rings. The summed E-state index contributed by atoms with van der Waals surface area (Å²) in [5.74, 6) is 2.75. The number of carbonyl (C=O) groups excluding carboxylic acids is 1. The number of nitrogens with two attached hydrogens (primary N) is 1. The summed E-state index contributed by atoms with van der Waals surface area (Å²) in [6, 6.07) is 9.78. The molecule has 1 aromatic heterocycles. The third-order valence-electron chi connectivity index (χ3n) is 6.61. The Kier molecular flexibility index (Phi) is 7.39. The largest absolute Gasteiger partial charge is 0.368 e. The summed E-state index contributed by atoms with van der Waals surface area (Å²) in [4.78, 5) is 32.7. The molecule has 9 nitrogen and oxygen atoms in total. The highest BCUT2D eigenvalue weighted by Gasteiger charge is 2.29. The van der Waals surface area contributed by atoms with Gasteiger partial charge >= 0.3 is 0 Å². The number of amides is 1. The lowest BCUT2D eigenvalue weighted by Gasteiger charge is -2.39. The average Bonchev–Trinajstić information content (AvgIpc) is 2.79. The molecular formula is C24H36N8O. The number of aromatic nitrogens is 3. The van der Waals surface area contributed by atoms with Crippen LogP contribution in [0, 0.1) is 11.8 Å². The van der Waals surface area contributed by atoms with Gasteiger partial charge in [-0.25, -0.2) is 0 Å². The van der Waals surface area contributed by atoms with Crippen LogP contribution in [0.15, 0.2) is 30.3 Å². The number of carbonyl (C=O) groups is 1. The molecule has 2 saturated heterocycles. The van der Waals surface area contributed by atoms with Crippen LogP contribution in [0.3, 0.4) is 0 Å². The molecule has 0 aliphatic carbocycles. The molecule has 3 N–H and O–H groups in total. The Morgan fingerprint density at radius 1 is 1.06 bits per heavy atom. The summed E-state index contributed by atoms with van der Waals surface area (Å²) >= 11 is 0. The predicted octanol–water partition coefficient (Wildman–Crippen LogP) is 2.38. The van der Waals surface area contributed by atoms with Gasteiger partial charge in [0.15, 0.2) is 5.82 Å². The van der Waals surface area contributed by atoms with E-state index in [4.69, 9.17) is 5.73 Å². The van der Waals surface area contributed by atoms with Crippen LogP contribution in [0.25, 0.3) is 0 Å². The van der Waals surface area contributed by atoms with Crippen molar-refractivity contribution in [3.63, 3.8) is 0 Å². The zero-order chi connectivity index (χ0) is 23.4. The van der Waals surface area contributed by atoms with Gasteiger partial charge in [-0.05, 0) is 37.3 Å². The maximum Gasteiger partial charge on any atom is 0.236 e. The number of para-hydroxylation sites is 1. The molecule has 1 aromatic carbocycles. The third-order valence-corrected chi connectivity index (χ3v) is 6.61. The van der Waals surface area contributed by atoms with E-state index in [1.807, 2.05) is 30.3 Å². The van der Waals surface area contributed by atoms with Crippen molar-refractivity contribution in [2.75, 3.05) is 56.9 Å².